The van der Waals surface area contributed by atoms with E-state index in [0.29, 0.717) is 5.69 Å². The molecule has 1 heterocycles. The first kappa shape index (κ1) is 14.7. The number of hydrogen-bond acceptors (Lipinski definition) is 4. The van der Waals surface area contributed by atoms with Crippen molar-refractivity contribution in [2.75, 3.05) is 0 Å². The summed E-state index contributed by atoms with van der Waals surface area (Å²) in [7, 11) is 0. The van der Waals surface area contributed by atoms with Gasteiger partial charge in [0.2, 0.25) is 0 Å². The molecule has 0 aliphatic rings. The van der Waals surface area contributed by atoms with Crippen LogP contribution in [0.25, 0.3) is 0 Å². The quantitative estimate of drug-likeness (QED) is 0.690. The Kier molecular flexibility index (Phi) is 4.33. The van der Waals surface area contributed by atoms with Crippen molar-refractivity contribution >= 4 is 11.8 Å². The summed E-state index contributed by atoms with van der Waals surface area (Å²) >= 11 is 0. The molecular formula is C16H15NO4. The number of aryl methyl sites for hydroxylation is 1. The molecule has 0 radical (unpaired) electrons. The van der Waals surface area contributed by atoms with Gasteiger partial charge in [-0.1, -0.05) is 30.3 Å². The van der Waals surface area contributed by atoms with Gasteiger partial charge in [0.15, 0.2) is 5.78 Å². The van der Waals surface area contributed by atoms with Crippen LogP contribution in [-0.4, -0.2) is 16.7 Å². The third-order valence-corrected chi connectivity index (χ3v) is 3.05. The monoisotopic (exact) mass is 285 g/mol. The first-order chi connectivity index (χ1) is 9.99. The number of aromatic amines is 1. The van der Waals surface area contributed by atoms with Gasteiger partial charge in [0.05, 0.1) is 11.1 Å². The summed E-state index contributed by atoms with van der Waals surface area (Å²) in [5.41, 5.74) is 0.880. The molecule has 0 amide bonds. The fraction of sp³-hybridized carbons (Fsp3) is 0.188. The summed E-state index contributed by atoms with van der Waals surface area (Å²) in [4.78, 5) is 37.5. The van der Waals surface area contributed by atoms with Crippen LogP contribution in [0.1, 0.15) is 38.9 Å². The van der Waals surface area contributed by atoms with E-state index in [4.69, 9.17) is 4.74 Å². The molecule has 1 aromatic carbocycles. The fourth-order valence-corrected chi connectivity index (χ4v) is 1.90. The summed E-state index contributed by atoms with van der Waals surface area (Å²) in [6.07, 6.45) is 0. The van der Waals surface area contributed by atoms with Gasteiger partial charge in [-0.25, -0.2) is 4.79 Å². The zero-order valence-corrected chi connectivity index (χ0v) is 11.8. The number of H-pyrrole nitrogens is 1. The van der Waals surface area contributed by atoms with Gasteiger partial charge < -0.3 is 9.72 Å². The number of benzene rings is 1. The predicted octanol–water partition coefficient (Wildman–Crippen LogP) is 2.24. The Morgan fingerprint density at radius 1 is 1.14 bits per heavy atom. The molecule has 0 saturated heterocycles. The molecular weight excluding hydrogens is 270 g/mol. The highest BCUT2D eigenvalue weighted by Gasteiger charge is 2.16. The Hall–Kier alpha value is -2.69. The van der Waals surface area contributed by atoms with Crippen molar-refractivity contribution in [3.8, 4) is 0 Å². The number of pyridine rings is 1. The van der Waals surface area contributed by atoms with E-state index in [0.717, 1.165) is 5.56 Å². The molecule has 0 unspecified atom stereocenters. The van der Waals surface area contributed by atoms with Crippen LogP contribution in [0.2, 0.25) is 0 Å². The van der Waals surface area contributed by atoms with Crippen molar-refractivity contribution in [1.82, 2.24) is 4.98 Å². The van der Waals surface area contributed by atoms with Gasteiger partial charge in [-0.05, 0) is 25.5 Å². The number of carbonyl (C=O) groups excluding carboxylic acids is 2. The van der Waals surface area contributed by atoms with Crippen molar-refractivity contribution in [3.05, 3.63) is 69.1 Å². The van der Waals surface area contributed by atoms with Crippen LogP contribution < -0.4 is 5.56 Å². The van der Waals surface area contributed by atoms with Gasteiger partial charge in [0, 0.05) is 5.69 Å². The number of nitrogens with one attached hydrogen (secondary N) is 1. The van der Waals surface area contributed by atoms with E-state index in [1.54, 1.807) is 6.92 Å². The second-order valence-corrected chi connectivity index (χ2v) is 4.67. The lowest BCUT2D eigenvalue weighted by Crippen LogP contribution is -2.20. The average Bonchev–Trinajstić information content (AvgIpc) is 2.45. The third kappa shape index (κ3) is 3.45. The minimum atomic E-state index is -0.574. The molecule has 0 saturated carbocycles. The van der Waals surface area contributed by atoms with E-state index in [9.17, 15) is 14.4 Å². The normalized spacial score (nSPS) is 10.2. The van der Waals surface area contributed by atoms with Crippen molar-refractivity contribution in [3.63, 3.8) is 0 Å². The van der Waals surface area contributed by atoms with Gasteiger partial charge in [-0.15, -0.1) is 0 Å². The zero-order chi connectivity index (χ0) is 15.4. The molecule has 1 N–H and O–H groups in total. The third-order valence-electron chi connectivity index (χ3n) is 3.05. The van der Waals surface area contributed by atoms with Crippen LogP contribution in [0.5, 0.6) is 0 Å². The van der Waals surface area contributed by atoms with Gasteiger partial charge in [-0.3, -0.25) is 9.59 Å². The molecule has 1 aromatic heterocycles. The molecule has 108 valence electrons. The van der Waals surface area contributed by atoms with Crippen LogP contribution in [0.15, 0.2) is 41.2 Å². The van der Waals surface area contributed by atoms with E-state index in [2.05, 4.69) is 4.98 Å². The summed E-state index contributed by atoms with van der Waals surface area (Å²) in [5, 5.41) is 0. The van der Waals surface area contributed by atoms with Crippen molar-refractivity contribution in [2.45, 2.75) is 20.5 Å². The van der Waals surface area contributed by atoms with Gasteiger partial charge in [0.1, 0.15) is 6.61 Å². The van der Waals surface area contributed by atoms with E-state index in [1.807, 2.05) is 30.3 Å². The minimum Gasteiger partial charge on any atom is -0.457 e. The van der Waals surface area contributed by atoms with Crippen LogP contribution in [0.3, 0.4) is 0 Å². The number of carbonyl (C=O) groups is 2. The van der Waals surface area contributed by atoms with E-state index in [-0.39, 0.29) is 17.7 Å². The number of hydrogen-bond donors (Lipinski definition) is 1. The number of ketones is 1. The molecule has 2 aromatic rings. The highest BCUT2D eigenvalue weighted by atomic mass is 16.5. The molecule has 0 spiro atoms. The summed E-state index contributed by atoms with van der Waals surface area (Å²) in [5.74, 6) is -0.969. The van der Waals surface area contributed by atoms with Crippen molar-refractivity contribution in [2.24, 2.45) is 0 Å². The maximum atomic E-state index is 12.1. The van der Waals surface area contributed by atoms with Gasteiger partial charge >= 0.3 is 5.97 Å². The fourth-order valence-electron chi connectivity index (χ4n) is 1.90. The number of aromatic nitrogens is 1. The summed E-state index contributed by atoms with van der Waals surface area (Å²) in [6.45, 7) is 3.00. The minimum absolute atomic E-state index is 0.0488. The lowest BCUT2D eigenvalue weighted by Gasteiger charge is -2.08. The Morgan fingerprint density at radius 2 is 1.81 bits per heavy atom. The highest BCUT2D eigenvalue weighted by Crippen LogP contribution is 2.10. The largest absolute Gasteiger partial charge is 0.457 e. The summed E-state index contributed by atoms with van der Waals surface area (Å²) < 4.78 is 5.20. The maximum absolute atomic E-state index is 12.1. The Morgan fingerprint density at radius 3 is 2.43 bits per heavy atom. The smallest absolute Gasteiger partial charge is 0.340 e. The first-order valence-corrected chi connectivity index (χ1v) is 6.45. The maximum Gasteiger partial charge on any atom is 0.340 e. The SMILES string of the molecule is CC(=O)c1cc(C(=O)OCc2ccccc2)c(C)[nH]c1=O. The van der Waals surface area contributed by atoms with Crippen LogP contribution in [0, 0.1) is 6.92 Å². The van der Waals surface area contributed by atoms with Crippen LogP contribution >= 0.6 is 0 Å². The molecule has 0 fully saturated rings. The van der Waals surface area contributed by atoms with E-state index in [1.165, 1.54) is 13.0 Å². The van der Waals surface area contributed by atoms with Crippen molar-refractivity contribution < 1.29 is 14.3 Å². The molecule has 21 heavy (non-hydrogen) atoms. The second kappa shape index (κ2) is 6.17. The van der Waals surface area contributed by atoms with E-state index >= 15 is 0 Å². The Balaban J connectivity index is 2.21. The number of ether oxygens (including phenoxy) is 1. The first-order valence-electron chi connectivity index (χ1n) is 6.45. The van der Waals surface area contributed by atoms with Gasteiger partial charge in [-0.2, -0.15) is 0 Å². The molecule has 5 nitrogen and oxygen atoms in total. The molecule has 5 heteroatoms. The van der Waals surface area contributed by atoms with E-state index < -0.39 is 17.3 Å². The molecule has 2 rings (SSSR count). The van der Waals surface area contributed by atoms with Crippen LogP contribution in [0.4, 0.5) is 0 Å². The van der Waals surface area contributed by atoms with Crippen molar-refractivity contribution in [1.29, 1.82) is 0 Å². The lowest BCUT2D eigenvalue weighted by atomic mass is 10.1. The Labute approximate surface area is 121 Å². The predicted molar refractivity (Wildman–Crippen MR) is 77.4 cm³/mol. The highest BCUT2D eigenvalue weighted by molar-refractivity contribution is 5.97. The number of rotatable bonds is 4. The number of esters is 1. The average molecular weight is 285 g/mol. The topological polar surface area (TPSA) is 76.2 Å². The molecule has 0 aliphatic carbocycles. The molecule has 0 bridgehead atoms. The molecule has 0 atom stereocenters. The second-order valence-electron chi connectivity index (χ2n) is 4.67. The lowest BCUT2D eigenvalue weighted by molar-refractivity contribution is 0.0471. The number of Topliss-reactive ketones (excluding diaryl/α,β-unsaturated/α-hetero) is 1. The standard InChI is InChI=1S/C16H15NO4/c1-10-13(8-14(11(2)18)15(19)17-10)16(20)21-9-12-6-4-3-5-7-12/h3-8H,9H2,1-2H3,(H,17,19). The Bertz CT molecular complexity index is 732. The summed E-state index contributed by atoms with van der Waals surface area (Å²) in [6, 6.07) is 10.5. The van der Waals surface area contributed by atoms with Crippen LogP contribution in [-0.2, 0) is 11.3 Å². The zero-order valence-electron chi connectivity index (χ0n) is 11.8. The van der Waals surface area contributed by atoms with Gasteiger partial charge in [0.25, 0.3) is 5.56 Å². The molecule has 0 aliphatic heterocycles.